The van der Waals surface area contributed by atoms with Crippen molar-refractivity contribution in [3.05, 3.63) is 29.0 Å². The van der Waals surface area contributed by atoms with Crippen LogP contribution < -0.4 is 10.5 Å². The molecular weight excluding hydrogens is 286 g/mol. The highest BCUT2D eigenvalue weighted by Crippen LogP contribution is 2.40. The van der Waals surface area contributed by atoms with Gasteiger partial charge in [0, 0.05) is 6.07 Å². The number of hydrogen-bond acceptors (Lipinski definition) is 4. The largest absolute Gasteiger partial charge is 0.478 e. The average Bonchev–Trinajstić information content (AvgIpc) is 2.46. The standard InChI is InChI=1S/C19H29N3O/c1-5-6-12-23-17-13-15(21-18(20)22-17)9-10-16-14(2)8-7-11-19(16,3)4/h9-10,13H,5-8,11-12H2,1-4H3,(H2,20,21,22)/b10-9+. The van der Waals surface area contributed by atoms with Crippen molar-refractivity contribution in [2.24, 2.45) is 5.41 Å². The Kier molecular flexibility index (Phi) is 5.80. The zero-order valence-electron chi connectivity index (χ0n) is 14.9. The molecule has 1 aliphatic rings. The number of allylic oxidation sites excluding steroid dienone is 3. The molecule has 1 aromatic heterocycles. The third kappa shape index (κ3) is 4.81. The van der Waals surface area contributed by atoms with Crippen LogP contribution >= 0.6 is 0 Å². The van der Waals surface area contributed by atoms with Crippen LogP contribution in [0.1, 0.15) is 65.5 Å². The van der Waals surface area contributed by atoms with Crippen LogP contribution in [-0.4, -0.2) is 16.6 Å². The summed E-state index contributed by atoms with van der Waals surface area (Å²) in [5, 5.41) is 0. The predicted octanol–water partition coefficient (Wildman–Crippen LogP) is 4.78. The average molecular weight is 315 g/mol. The molecule has 0 aliphatic heterocycles. The second-order valence-electron chi connectivity index (χ2n) is 6.96. The van der Waals surface area contributed by atoms with Crippen LogP contribution in [0.2, 0.25) is 0 Å². The van der Waals surface area contributed by atoms with Crippen LogP contribution in [0.15, 0.2) is 23.3 Å². The van der Waals surface area contributed by atoms with Crippen LogP contribution in [-0.2, 0) is 0 Å². The Morgan fingerprint density at radius 3 is 2.78 bits per heavy atom. The van der Waals surface area contributed by atoms with Gasteiger partial charge in [0.1, 0.15) is 0 Å². The van der Waals surface area contributed by atoms with Gasteiger partial charge in [0.05, 0.1) is 12.3 Å². The Morgan fingerprint density at radius 2 is 2.09 bits per heavy atom. The lowest BCUT2D eigenvalue weighted by Crippen LogP contribution is -2.19. The summed E-state index contributed by atoms with van der Waals surface area (Å²) >= 11 is 0. The van der Waals surface area contributed by atoms with Gasteiger partial charge in [-0.25, -0.2) is 4.98 Å². The van der Waals surface area contributed by atoms with E-state index in [-0.39, 0.29) is 11.4 Å². The predicted molar refractivity (Wildman–Crippen MR) is 96.2 cm³/mol. The Bertz CT molecular complexity index is 603. The van der Waals surface area contributed by atoms with Gasteiger partial charge in [-0.3, -0.25) is 0 Å². The lowest BCUT2D eigenvalue weighted by atomic mass is 9.72. The van der Waals surface area contributed by atoms with Crippen LogP contribution in [0.4, 0.5) is 5.95 Å². The number of ether oxygens (including phenoxy) is 1. The van der Waals surface area contributed by atoms with Crippen molar-refractivity contribution in [1.29, 1.82) is 0 Å². The molecule has 0 saturated heterocycles. The highest BCUT2D eigenvalue weighted by Gasteiger charge is 2.26. The quantitative estimate of drug-likeness (QED) is 0.768. The minimum atomic E-state index is 0.220. The van der Waals surface area contributed by atoms with Gasteiger partial charge in [-0.1, -0.05) is 38.8 Å². The van der Waals surface area contributed by atoms with Crippen LogP contribution in [0.25, 0.3) is 6.08 Å². The molecule has 1 aliphatic carbocycles. The third-order valence-electron chi connectivity index (χ3n) is 4.45. The second-order valence-corrected chi connectivity index (χ2v) is 6.96. The number of nitrogens with two attached hydrogens (primary N) is 1. The van der Waals surface area contributed by atoms with Crippen molar-refractivity contribution in [2.45, 2.75) is 59.8 Å². The smallest absolute Gasteiger partial charge is 0.223 e. The summed E-state index contributed by atoms with van der Waals surface area (Å²) in [5.41, 5.74) is 9.70. The van der Waals surface area contributed by atoms with Gasteiger partial charge >= 0.3 is 0 Å². The highest BCUT2D eigenvalue weighted by molar-refractivity contribution is 5.53. The number of nitrogen functional groups attached to an aromatic ring is 1. The van der Waals surface area contributed by atoms with Crippen molar-refractivity contribution in [1.82, 2.24) is 9.97 Å². The summed E-state index contributed by atoms with van der Waals surface area (Å²) in [6.07, 6.45) is 9.99. The zero-order chi connectivity index (χ0) is 16.9. The first-order valence-electron chi connectivity index (χ1n) is 8.58. The Morgan fingerprint density at radius 1 is 1.30 bits per heavy atom. The Labute approximate surface area is 139 Å². The van der Waals surface area contributed by atoms with E-state index >= 15 is 0 Å². The molecule has 0 atom stereocenters. The Hall–Kier alpha value is -1.84. The molecule has 0 amide bonds. The molecule has 0 spiro atoms. The summed E-state index contributed by atoms with van der Waals surface area (Å²) in [6.45, 7) is 9.64. The molecule has 0 unspecified atom stereocenters. The number of aromatic nitrogens is 2. The van der Waals surface area contributed by atoms with Gasteiger partial charge in [-0.2, -0.15) is 4.98 Å². The lowest BCUT2D eigenvalue weighted by molar-refractivity contribution is 0.297. The van der Waals surface area contributed by atoms with E-state index in [0.29, 0.717) is 12.5 Å². The number of unbranched alkanes of at least 4 members (excludes halogenated alkanes) is 1. The monoisotopic (exact) mass is 315 g/mol. The minimum Gasteiger partial charge on any atom is -0.478 e. The first kappa shape index (κ1) is 17.5. The molecular formula is C19H29N3O. The summed E-state index contributed by atoms with van der Waals surface area (Å²) in [5.74, 6) is 0.812. The first-order valence-corrected chi connectivity index (χ1v) is 8.58. The van der Waals surface area contributed by atoms with Crippen LogP contribution in [0, 0.1) is 5.41 Å². The molecule has 23 heavy (non-hydrogen) atoms. The van der Waals surface area contributed by atoms with Crippen molar-refractivity contribution < 1.29 is 4.74 Å². The fourth-order valence-electron chi connectivity index (χ4n) is 3.12. The van der Waals surface area contributed by atoms with Gasteiger partial charge in [0.15, 0.2) is 0 Å². The molecule has 2 rings (SSSR count). The van der Waals surface area contributed by atoms with Crippen molar-refractivity contribution >= 4 is 12.0 Å². The van der Waals surface area contributed by atoms with E-state index in [1.54, 1.807) is 0 Å². The second kappa shape index (κ2) is 7.62. The lowest BCUT2D eigenvalue weighted by Gasteiger charge is -2.32. The number of nitrogens with zero attached hydrogens (tertiary/aromatic N) is 2. The molecule has 4 nitrogen and oxygen atoms in total. The number of hydrogen-bond donors (Lipinski definition) is 1. The van der Waals surface area contributed by atoms with Gasteiger partial charge < -0.3 is 10.5 Å². The molecule has 1 heterocycles. The van der Waals surface area contributed by atoms with E-state index in [2.05, 4.69) is 43.7 Å². The van der Waals surface area contributed by atoms with Crippen molar-refractivity contribution in [2.75, 3.05) is 12.3 Å². The molecule has 0 aromatic carbocycles. The molecule has 4 heteroatoms. The zero-order valence-corrected chi connectivity index (χ0v) is 14.9. The summed E-state index contributed by atoms with van der Waals surface area (Å²) < 4.78 is 5.64. The molecule has 1 aromatic rings. The third-order valence-corrected chi connectivity index (χ3v) is 4.45. The van der Waals surface area contributed by atoms with Gasteiger partial charge in [-0.15, -0.1) is 0 Å². The summed E-state index contributed by atoms with van der Waals surface area (Å²) in [6, 6.07) is 1.86. The van der Waals surface area contributed by atoms with E-state index in [0.717, 1.165) is 18.5 Å². The maximum atomic E-state index is 5.80. The first-order chi connectivity index (χ1) is 10.9. The molecule has 0 fully saturated rings. The molecule has 2 N–H and O–H groups in total. The SMILES string of the molecule is CCCCOc1cc(/C=C/C2=C(C)CCCC2(C)C)nc(N)n1. The van der Waals surface area contributed by atoms with Gasteiger partial charge in [0.2, 0.25) is 11.8 Å². The fraction of sp³-hybridized carbons (Fsp3) is 0.579. The molecule has 0 bridgehead atoms. The maximum Gasteiger partial charge on any atom is 0.223 e. The molecule has 0 saturated carbocycles. The van der Waals surface area contributed by atoms with Gasteiger partial charge in [-0.05, 0) is 49.7 Å². The van der Waals surface area contributed by atoms with Crippen LogP contribution in [0.3, 0.4) is 0 Å². The van der Waals surface area contributed by atoms with Crippen molar-refractivity contribution in [3.8, 4) is 5.88 Å². The maximum absolute atomic E-state index is 5.80. The summed E-state index contributed by atoms with van der Waals surface area (Å²) in [4.78, 5) is 8.44. The molecule has 0 radical (unpaired) electrons. The van der Waals surface area contributed by atoms with E-state index < -0.39 is 0 Å². The van der Waals surface area contributed by atoms with E-state index in [1.165, 1.54) is 30.4 Å². The van der Waals surface area contributed by atoms with Crippen LogP contribution in [0.5, 0.6) is 5.88 Å². The fourth-order valence-corrected chi connectivity index (χ4v) is 3.12. The topological polar surface area (TPSA) is 61.0 Å². The van der Waals surface area contributed by atoms with E-state index in [4.69, 9.17) is 10.5 Å². The normalized spacial score (nSPS) is 17.7. The van der Waals surface area contributed by atoms with Crippen molar-refractivity contribution in [3.63, 3.8) is 0 Å². The summed E-state index contributed by atoms with van der Waals surface area (Å²) in [7, 11) is 0. The van der Waals surface area contributed by atoms with E-state index in [1.807, 2.05) is 12.1 Å². The minimum absolute atomic E-state index is 0.220. The van der Waals surface area contributed by atoms with Gasteiger partial charge in [0.25, 0.3) is 0 Å². The highest BCUT2D eigenvalue weighted by atomic mass is 16.5. The molecule has 126 valence electrons. The number of rotatable bonds is 6. The Balaban J connectivity index is 2.18. The van der Waals surface area contributed by atoms with E-state index in [9.17, 15) is 0 Å². The number of anilines is 1.